The second-order valence-corrected chi connectivity index (χ2v) is 4.46. The van der Waals surface area contributed by atoms with Gasteiger partial charge in [0.1, 0.15) is 5.92 Å². The Labute approximate surface area is 97.8 Å². The van der Waals surface area contributed by atoms with Gasteiger partial charge in [0, 0.05) is 0 Å². The Balaban J connectivity index is 3.88. The SMILES string of the molecule is CCCCCCCC(C)C(C(N)=O)C(N)=O. The normalized spacial score (nSPS) is 12.7. The lowest BCUT2D eigenvalue weighted by Crippen LogP contribution is -2.39. The number of primary amides is 2. The predicted octanol–water partition coefficient (Wildman–Crippen LogP) is 1.57. The van der Waals surface area contributed by atoms with Crippen LogP contribution in [0.5, 0.6) is 0 Å². The molecule has 0 aliphatic carbocycles. The number of rotatable bonds is 9. The minimum atomic E-state index is -0.814. The molecule has 94 valence electrons. The Morgan fingerprint density at radius 2 is 1.50 bits per heavy atom. The molecule has 0 aromatic carbocycles. The summed E-state index contributed by atoms with van der Waals surface area (Å²) in [6.45, 7) is 4.03. The van der Waals surface area contributed by atoms with Gasteiger partial charge in [-0.25, -0.2) is 0 Å². The first-order chi connectivity index (χ1) is 7.50. The van der Waals surface area contributed by atoms with Gasteiger partial charge in [0.15, 0.2) is 0 Å². The van der Waals surface area contributed by atoms with Crippen molar-refractivity contribution in [2.24, 2.45) is 23.3 Å². The van der Waals surface area contributed by atoms with E-state index < -0.39 is 17.7 Å². The minimum absolute atomic E-state index is 0.0448. The molecule has 4 heteroatoms. The summed E-state index contributed by atoms with van der Waals surface area (Å²) in [5, 5.41) is 0. The van der Waals surface area contributed by atoms with Gasteiger partial charge in [0.25, 0.3) is 0 Å². The van der Waals surface area contributed by atoms with Crippen LogP contribution in [0.3, 0.4) is 0 Å². The van der Waals surface area contributed by atoms with Crippen molar-refractivity contribution in [2.45, 2.75) is 52.4 Å². The predicted molar refractivity (Wildman–Crippen MR) is 64.4 cm³/mol. The smallest absolute Gasteiger partial charge is 0.230 e. The van der Waals surface area contributed by atoms with Gasteiger partial charge in [0.05, 0.1) is 0 Å². The fourth-order valence-corrected chi connectivity index (χ4v) is 1.94. The lowest BCUT2D eigenvalue weighted by atomic mass is 9.88. The molecule has 0 aromatic heterocycles. The van der Waals surface area contributed by atoms with E-state index in [0.717, 1.165) is 19.3 Å². The second kappa shape index (κ2) is 8.13. The molecule has 0 heterocycles. The van der Waals surface area contributed by atoms with Crippen LogP contribution in [-0.4, -0.2) is 11.8 Å². The molecule has 0 aliphatic heterocycles. The Morgan fingerprint density at radius 1 is 1.00 bits per heavy atom. The first-order valence-corrected chi connectivity index (χ1v) is 6.09. The van der Waals surface area contributed by atoms with Crippen LogP contribution in [0.15, 0.2) is 0 Å². The number of carbonyl (C=O) groups excluding carboxylic acids is 2. The van der Waals surface area contributed by atoms with Crippen molar-refractivity contribution >= 4 is 11.8 Å². The minimum Gasteiger partial charge on any atom is -0.369 e. The summed E-state index contributed by atoms with van der Waals surface area (Å²) in [7, 11) is 0. The summed E-state index contributed by atoms with van der Waals surface area (Å²) >= 11 is 0. The van der Waals surface area contributed by atoms with Crippen LogP contribution in [0.4, 0.5) is 0 Å². The van der Waals surface area contributed by atoms with E-state index in [1.165, 1.54) is 19.3 Å². The van der Waals surface area contributed by atoms with E-state index in [1.807, 2.05) is 6.92 Å². The van der Waals surface area contributed by atoms with Gasteiger partial charge in [-0.2, -0.15) is 0 Å². The number of hydrogen-bond acceptors (Lipinski definition) is 2. The van der Waals surface area contributed by atoms with E-state index >= 15 is 0 Å². The summed E-state index contributed by atoms with van der Waals surface area (Å²) < 4.78 is 0. The van der Waals surface area contributed by atoms with Crippen LogP contribution >= 0.6 is 0 Å². The summed E-state index contributed by atoms with van der Waals surface area (Å²) in [6.07, 6.45) is 6.66. The largest absolute Gasteiger partial charge is 0.369 e. The molecule has 2 amide bonds. The molecule has 1 atom stereocenters. The molecule has 0 fully saturated rings. The second-order valence-electron chi connectivity index (χ2n) is 4.46. The molecule has 0 aliphatic rings. The molecule has 4 N–H and O–H groups in total. The summed E-state index contributed by atoms with van der Waals surface area (Å²) in [6, 6.07) is 0. The fraction of sp³-hybridized carbons (Fsp3) is 0.833. The molecule has 0 saturated heterocycles. The molecular weight excluding hydrogens is 204 g/mol. The maximum Gasteiger partial charge on any atom is 0.230 e. The summed E-state index contributed by atoms with van der Waals surface area (Å²) in [5.74, 6) is -2.06. The summed E-state index contributed by atoms with van der Waals surface area (Å²) in [5.41, 5.74) is 10.3. The standard InChI is InChI=1S/C12H24N2O2/c1-3-4-5-6-7-8-9(2)10(11(13)15)12(14)16/h9-10H,3-8H2,1-2H3,(H2,13,15)(H2,14,16). The maximum atomic E-state index is 11.0. The van der Waals surface area contributed by atoms with Gasteiger partial charge in [-0.05, 0) is 12.3 Å². The van der Waals surface area contributed by atoms with E-state index in [1.54, 1.807) is 0 Å². The highest BCUT2D eigenvalue weighted by Gasteiger charge is 2.27. The maximum absolute atomic E-state index is 11.0. The number of hydrogen-bond donors (Lipinski definition) is 2. The average Bonchev–Trinajstić information content (AvgIpc) is 2.16. The van der Waals surface area contributed by atoms with Crippen molar-refractivity contribution in [3.05, 3.63) is 0 Å². The molecule has 0 aromatic rings. The van der Waals surface area contributed by atoms with Crippen molar-refractivity contribution in [3.63, 3.8) is 0 Å². The molecular formula is C12H24N2O2. The van der Waals surface area contributed by atoms with Crippen LogP contribution in [0.2, 0.25) is 0 Å². The van der Waals surface area contributed by atoms with Gasteiger partial charge >= 0.3 is 0 Å². The topological polar surface area (TPSA) is 86.2 Å². The third-order valence-electron chi connectivity index (χ3n) is 2.95. The van der Waals surface area contributed by atoms with Crippen molar-refractivity contribution in [3.8, 4) is 0 Å². The highest BCUT2D eigenvalue weighted by molar-refractivity contribution is 5.99. The van der Waals surface area contributed by atoms with Crippen LogP contribution in [0.1, 0.15) is 52.4 Å². The monoisotopic (exact) mass is 228 g/mol. The van der Waals surface area contributed by atoms with Crippen LogP contribution in [0.25, 0.3) is 0 Å². The van der Waals surface area contributed by atoms with E-state index in [-0.39, 0.29) is 5.92 Å². The van der Waals surface area contributed by atoms with Crippen molar-refractivity contribution in [2.75, 3.05) is 0 Å². The highest BCUT2D eigenvalue weighted by Crippen LogP contribution is 2.19. The number of nitrogens with two attached hydrogens (primary N) is 2. The molecule has 0 radical (unpaired) electrons. The van der Waals surface area contributed by atoms with Crippen LogP contribution < -0.4 is 11.5 Å². The fourth-order valence-electron chi connectivity index (χ4n) is 1.94. The number of unbranched alkanes of at least 4 members (excludes halogenated alkanes) is 4. The van der Waals surface area contributed by atoms with Gasteiger partial charge in [-0.15, -0.1) is 0 Å². The molecule has 0 rings (SSSR count). The zero-order valence-electron chi connectivity index (χ0n) is 10.4. The molecule has 4 nitrogen and oxygen atoms in total. The first kappa shape index (κ1) is 14.9. The third kappa shape index (κ3) is 5.73. The molecule has 1 unspecified atom stereocenters. The molecule has 0 saturated carbocycles. The lowest BCUT2D eigenvalue weighted by Gasteiger charge is -2.17. The Morgan fingerprint density at radius 3 is 1.94 bits per heavy atom. The van der Waals surface area contributed by atoms with E-state index in [9.17, 15) is 9.59 Å². The number of amides is 2. The van der Waals surface area contributed by atoms with Gasteiger partial charge in [-0.1, -0.05) is 46.0 Å². The zero-order chi connectivity index (χ0) is 12.6. The highest BCUT2D eigenvalue weighted by atomic mass is 16.2. The third-order valence-corrected chi connectivity index (χ3v) is 2.95. The van der Waals surface area contributed by atoms with Crippen LogP contribution in [-0.2, 0) is 9.59 Å². The quantitative estimate of drug-likeness (QED) is 0.463. The van der Waals surface area contributed by atoms with Gasteiger partial charge < -0.3 is 11.5 Å². The van der Waals surface area contributed by atoms with Gasteiger partial charge in [-0.3, -0.25) is 9.59 Å². The average molecular weight is 228 g/mol. The Hall–Kier alpha value is -1.06. The van der Waals surface area contributed by atoms with E-state index in [4.69, 9.17) is 11.5 Å². The van der Waals surface area contributed by atoms with E-state index in [2.05, 4.69) is 6.92 Å². The van der Waals surface area contributed by atoms with Crippen molar-refractivity contribution < 1.29 is 9.59 Å². The first-order valence-electron chi connectivity index (χ1n) is 6.09. The van der Waals surface area contributed by atoms with Crippen LogP contribution in [0, 0.1) is 11.8 Å². The molecule has 16 heavy (non-hydrogen) atoms. The number of carbonyl (C=O) groups is 2. The lowest BCUT2D eigenvalue weighted by molar-refractivity contribution is -0.133. The van der Waals surface area contributed by atoms with Crippen molar-refractivity contribution in [1.82, 2.24) is 0 Å². The Bertz CT molecular complexity index is 215. The summed E-state index contributed by atoms with van der Waals surface area (Å²) in [4.78, 5) is 22.1. The molecule has 0 spiro atoms. The zero-order valence-corrected chi connectivity index (χ0v) is 10.4. The Kier molecular flexibility index (Phi) is 7.60. The van der Waals surface area contributed by atoms with Gasteiger partial charge in [0.2, 0.25) is 11.8 Å². The molecule has 0 bridgehead atoms. The van der Waals surface area contributed by atoms with E-state index in [0.29, 0.717) is 0 Å². The van der Waals surface area contributed by atoms with Crippen molar-refractivity contribution in [1.29, 1.82) is 0 Å².